The van der Waals surface area contributed by atoms with Crippen molar-refractivity contribution in [3.8, 4) is 0 Å². The van der Waals surface area contributed by atoms with E-state index in [1.807, 2.05) is 35.2 Å². The number of likely N-dealkylation sites (tertiary alicyclic amines) is 1. The van der Waals surface area contributed by atoms with Gasteiger partial charge in [0.05, 0.1) is 6.42 Å². The first kappa shape index (κ1) is 9.25. The van der Waals surface area contributed by atoms with Crippen LogP contribution in [0.1, 0.15) is 18.4 Å². The third kappa shape index (κ3) is 2.13. The molecular weight excluding hydrogens is 174 g/mol. The molecule has 14 heavy (non-hydrogen) atoms. The fraction of sp³-hybridized carbons (Fsp3) is 0.333. The van der Waals surface area contributed by atoms with Crippen LogP contribution in [0.5, 0.6) is 0 Å². The summed E-state index contributed by atoms with van der Waals surface area (Å²) in [6, 6.07) is 9.76. The van der Waals surface area contributed by atoms with E-state index in [-0.39, 0.29) is 5.91 Å². The van der Waals surface area contributed by atoms with Crippen molar-refractivity contribution in [2.24, 2.45) is 0 Å². The van der Waals surface area contributed by atoms with Crippen LogP contribution in [0, 0.1) is 6.42 Å². The second kappa shape index (κ2) is 4.27. The Morgan fingerprint density at radius 3 is 2.43 bits per heavy atom. The van der Waals surface area contributed by atoms with Gasteiger partial charge in [0, 0.05) is 13.1 Å². The smallest absolute Gasteiger partial charge is 0.231 e. The Labute approximate surface area is 84.5 Å². The number of benzene rings is 1. The Hall–Kier alpha value is -1.31. The molecule has 2 nitrogen and oxygen atoms in total. The van der Waals surface area contributed by atoms with Gasteiger partial charge >= 0.3 is 0 Å². The first-order chi connectivity index (χ1) is 6.86. The summed E-state index contributed by atoms with van der Waals surface area (Å²) >= 11 is 0. The number of hydrogen-bond donors (Lipinski definition) is 0. The molecule has 1 aliphatic rings. The molecule has 0 aliphatic carbocycles. The molecule has 1 aliphatic heterocycles. The lowest BCUT2D eigenvalue weighted by Crippen LogP contribution is -2.27. The summed E-state index contributed by atoms with van der Waals surface area (Å²) in [6.07, 6.45) is 4.01. The quantitative estimate of drug-likeness (QED) is 0.693. The van der Waals surface area contributed by atoms with Gasteiger partial charge in [-0.05, 0) is 18.4 Å². The van der Waals surface area contributed by atoms with E-state index in [9.17, 15) is 4.79 Å². The lowest BCUT2D eigenvalue weighted by Gasteiger charge is -2.14. The average molecular weight is 188 g/mol. The maximum absolute atomic E-state index is 11.7. The predicted molar refractivity (Wildman–Crippen MR) is 55.7 cm³/mol. The second-order valence-corrected chi connectivity index (χ2v) is 3.59. The van der Waals surface area contributed by atoms with Crippen molar-refractivity contribution < 1.29 is 4.79 Å². The van der Waals surface area contributed by atoms with E-state index in [4.69, 9.17) is 0 Å². The largest absolute Gasteiger partial charge is 0.342 e. The minimum Gasteiger partial charge on any atom is -0.342 e. The van der Waals surface area contributed by atoms with E-state index >= 15 is 0 Å². The van der Waals surface area contributed by atoms with E-state index in [0.29, 0.717) is 0 Å². The molecule has 1 fully saturated rings. The monoisotopic (exact) mass is 188 g/mol. The fourth-order valence-corrected chi connectivity index (χ4v) is 1.72. The van der Waals surface area contributed by atoms with Gasteiger partial charge in [-0.2, -0.15) is 0 Å². The van der Waals surface area contributed by atoms with Gasteiger partial charge in [0.15, 0.2) is 0 Å². The molecule has 73 valence electrons. The summed E-state index contributed by atoms with van der Waals surface area (Å²) in [7, 11) is 0. The number of carbonyl (C=O) groups excluding carboxylic acids is 1. The highest BCUT2D eigenvalue weighted by Crippen LogP contribution is 2.11. The Balaban J connectivity index is 1.94. The van der Waals surface area contributed by atoms with Crippen LogP contribution in [0.25, 0.3) is 0 Å². The highest BCUT2D eigenvalue weighted by Gasteiger charge is 2.17. The molecule has 0 bridgehead atoms. The van der Waals surface area contributed by atoms with Gasteiger partial charge in [0.25, 0.3) is 0 Å². The lowest BCUT2D eigenvalue weighted by molar-refractivity contribution is -0.126. The van der Waals surface area contributed by atoms with Crippen molar-refractivity contribution in [3.05, 3.63) is 42.3 Å². The molecule has 0 saturated carbocycles. The summed E-state index contributed by atoms with van der Waals surface area (Å²) in [6.45, 7) is 1.84. The Morgan fingerprint density at radius 1 is 1.14 bits per heavy atom. The minimum atomic E-state index is 0.147. The molecule has 1 aromatic rings. The fourth-order valence-electron chi connectivity index (χ4n) is 1.72. The van der Waals surface area contributed by atoms with Crippen molar-refractivity contribution in [2.75, 3.05) is 13.1 Å². The first-order valence-corrected chi connectivity index (χ1v) is 5.05. The second-order valence-electron chi connectivity index (χ2n) is 3.59. The normalized spacial score (nSPS) is 15.9. The molecule has 2 heteroatoms. The van der Waals surface area contributed by atoms with Crippen LogP contribution in [0.2, 0.25) is 0 Å². The lowest BCUT2D eigenvalue weighted by atomic mass is 10.1. The third-order valence-corrected chi connectivity index (χ3v) is 2.51. The molecule has 1 heterocycles. The zero-order chi connectivity index (χ0) is 9.80. The van der Waals surface area contributed by atoms with Gasteiger partial charge < -0.3 is 4.90 Å². The molecule has 1 aromatic carbocycles. The number of nitrogens with zero attached hydrogens (tertiary/aromatic N) is 1. The molecule has 1 saturated heterocycles. The molecule has 0 aromatic heterocycles. The Kier molecular flexibility index (Phi) is 2.82. The Morgan fingerprint density at radius 2 is 1.79 bits per heavy atom. The summed E-state index contributed by atoms with van der Waals surface area (Å²) in [5, 5.41) is 0. The molecule has 1 amide bonds. The van der Waals surface area contributed by atoms with Crippen molar-refractivity contribution >= 4 is 5.91 Å². The van der Waals surface area contributed by atoms with Crippen molar-refractivity contribution in [1.29, 1.82) is 0 Å². The van der Waals surface area contributed by atoms with Gasteiger partial charge in [-0.3, -0.25) is 4.79 Å². The topological polar surface area (TPSA) is 20.3 Å². The summed E-state index contributed by atoms with van der Waals surface area (Å²) in [5.74, 6) is 0.147. The average Bonchev–Trinajstić information content (AvgIpc) is 2.72. The maximum atomic E-state index is 11.7. The van der Waals surface area contributed by atoms with Crippen molar-refractivity contribution in [2.45, 2.75) is 12.8 Å². The van der Waals surface area contributed by atoms with Crippen LogP contribution in [0.4, 0.5) is 0 Å². The Bertz CT molecular complexity index is 301. The van der Waals surface area contributed by atoms with Gasteiger partial charge in [0.2, 0.25) is 5.91 Å². The molecule has 0 atom stereocenters. The number of amides is 1. The highest BCUT2D eigenvalue weighted by molar-refractivity contribution is 5.88. The molecule has 2 rings (SSSR count). The first-order valence-electron chi connectivity index (χ1n) is 5.05. The zero-order valence-electron chi connectivity index (χ0n) is 8.15. The van der Waals surface area contributed by atoms with Crippen LogP contribution in [0.3, 0.4) is 0 Å². The molecule has 1 radical (unpaired) electrons. The van der Waals surface area contributed by atoms with Gasteiger partial charge in [-0.15, -0.1) is 0 Å². The number of rotatable bonds is 2. The van der Waals surface area contributed by atoms with E-state index in [2.05, 4.69) is 0 Å². The number of hydrogen-bond acceptors (Lipinski definition) is 1. The molecular formula is C12H14NO. The van der Waals surface area contributed by atoms with Crippen LogP contribution in [0.15, 0.2) is 30.3 Å². The van der Waals surface area contributed by atoms with E-state index in [0.717, 1.165) is 31.5 Å². The molecule has 0 N–H and O–H groups in total. The molecule has 0 unspecified atom stereocenters. The van der Waals surface area contributed by atoms with Crippen molar-refractivity contribution in [3.63, 3.8) is 0 Å². The van der Waals surface area contributed by atoms with Gasteiger partial charge in [0.1, 0.15) is 0 Å². The zero-order valence-corrected chi connectivity index (χ0v) is 8.15. The maximum Gasteiger partial charge on any atom is 0.231 e. The van der Waals surface area contributed by atoms with Crippen molar-refractivity contribution in [1.82, 2.24) is 4.90 Å². The van der Waals surface area contributed by atoms with Crippen LogP contribution in [-0.2, 0) is 4.79 Å². The minimum absolute atomic E-state index is 0.147. The van der Waals surface area contributed by atoms with E-state index in [1.54, 1.807) is 6.42 Å². The van der Waals surface area contributed by atoms with Crippen LogP contribution < -0.4 is 0 Å². The molecule has 0 spiro atoms. The van der Waals surface area contributed by atoms with Gasteiger partial charge in [-0.25, -0.2) is 0 Å². The van der Waals surface area contributed by atoms with Crippen LogP contribution in [-0.4, -0.2) is 23.9 Å². The highest BCUT2D eigenvalue weighted by atomic mass is 16.2. The third-order valence-electron chi connectivity index (χ3n) is 2.51. The van der Waals surface area contributed by atoms with Crippen LogP contribution >= 0.6 is 0 Å². The SMILES string of the molecule is O=C([CH]c1ccccc1)N1CCCC1. The predicted octanol–water partition coefficient (Wildman–Crippen LogP) is 1.86. The van der Waals surface area contributed by atoms with Gasteiger partial charge in [-0.1, -0.05) is 30.3 Å². The standard InChI is InChI=1S/C12H14NO/c14-12(13-8-4-5-9-13)10-11-6-2-1-3-7-11/h1-3,6-7,10H,4-5,8-9H2. The summed E-state index contributed by atoms with van der Waals surface area (Å²) < 4.78 is 0. The summed E-state index contributed by atoms with van der Waals surface area (Å²) in [4.78, 5) is 13.6. The van der Waals surface area contributed by atoms with E-state index < -0.39 is 0 Å². The number of carbonyl (C=O) groups is 1. The van der Waals surface area contributed by atoms with E-state index in [1.165, 1.54) is 0 Å². The summed E-state index contributed by atoms with van der Waals surface area (Å²) in [5.41, 5.74) is 0.990.